The topological polar surface area (TPSA) is 83.5 Å². The third-order valence-electron chi connectivity index (χ3n) is 5.74. The largest absolute Gasteiger partial charge is 0.421 e. The molecule has 0 atom stereocenters. The second kappa shape index (κ2) is 12.0. The van der Waals surface area contributed by atoms with Crippen molar-refractivity contribution in [1.82, 2.24) is 10.4 Å². The molecular formula is C29H17Br2ClIN3O3. The molecule has 0 radical (unpaired) electrons. The van der Waals surface area contributed by atoms with Gasteiger partial charge in [0.2, 0.25) is 0 Å². The molecule has 0 saturated heterocycles. The first-order valence-electron chi connectivity index (χ1n) is 11.5. The number of hydrogen-bond acceptors (Lipinski definition) is 4. The van der Waals surface area contributed by atoms with Crippen molar-refractivity contribution in [2.75, 3.05) is 0 Å². The van der Waals surface area contributed by atoms with Crippen LogP contribution in [0.1, 0.15) is 26.4 Å². The van der Waals surface area contributed by atoms with Gasteiger partial charge in [-0.2, -0.15) is 5.10 Å². The number of aromatic nitrogens is 1. The van der Waals surface area contributed by atoms with Crippen molar-refractivity contribution in [2.24, 2.45) is 5.10 Å². The summed E-state index contributed by atoms with van der Waals surface area (Å²) in [5, 5.41) is 5.57. The van der Waals surface area contributed by atoms with Crippen LogP contribution < -0.4 is 10.2 Å². The molecule has 10 heteroatoms. The highest BCUT2D eigenvalue weighted by molar-refractivity contribution is 14.1. The standard InChI is InChI=1S/C29H17Br2ClIN3O3/c30-18-12-17(27(22(31)13-18)39-29(38)16-6-2-1-3-7-16)15-34-36-28(37)26-25(20-8-4-5-9-23(20)32)21-14-19(33)10-11-24(21)35-26/h1-15,35H,(H,36,37). The van der Waals surface area contributed by atoms with Gasteiger partial charge in [0.1, 0.15) is 5.69 Å². The van der Waals surface area contributed by atoms with Gasteiger partial charge in [-0.25, -0.2) is 10.2 Å². The Bertz CT molecular complexity index is 1760. The van der Waals surface area contributed by atoms with Crippen molar-refractivity contribution >= 4 is 95.0 Å². The molecule has 0 fully saturated rings. The minimum atomic E-state index is -0.519. The molecule has 2 N–H and O–H groups in total. The summed E-state index contributed by atoms with van der Waals surface area (Å²) in [7, 11) is 0. The van der Waals surface area contributed by atoms with Crippen LogP contribution >= 0.6 is 66.1 Å². The molecule has 0 unspecified atom stereocenters. The maximum atomic E-state index is 13.4. The van der Waals surface area contributed by atoms with Crippen molar-refractivity contribution in [1.29, 1.82) is 0 Å². The molecule has 0 saturated carbocycles. The van der Waals surface area contributed by atoms with E-state index in [9.17, 15) is 9.59 Å². The minimum absolute atomic E-state index is 0.266. The third-order valence-corrected chi connectivity index (χ3v) is 7.79. The predicted molar refractivity (Wildman–Crippen MR) is 170 cm³/mol. The lowest BCUT2D eigenvalue weighted by Gasteiger charge is -2.10. The molecule has 39 heavy (non-hydrogen) atoms. The molecule has 0 spiro atoms. The summed E-state index contributed by atoms with van der Waals surface area (Å²) in [4.78, 5) is 29.3. The first kappa shape index (κ1) is 27.6. The lowest BCUT2D eigenvalue weighted by molar-refractivity contribution is 0.0733. The van der Waals surface area contributed by atoms with Gasteiger partial charge >= 0.3 is 5.97 Å². The van der Waals surface area contributed by atoms with E-state index >= 15 is 0 Å². The van der Waals surface area contributed by atoms with Crippen LogP contribution in [0.25, 0.3) is 22.0 Å². The smallest absolute Gasteiger partial charge is 0.343 e. The van der Waals surface area contributed by atoms with Gasteiger partial charge in [0.15, 0.2) is 5.75 Å². The molecule has 194 valence electrons. The summed E-state index contributed by atoms with van der Waals surface area (Å²) in [5.41, 5.74) is 6.00. The number of ether oxygens (including phenoxy) is 1. The maximum absolute atomic E-state index is 13.4. The van der Waals surface area contributed by atoms with Crippen LogP contribution in [0, 0.1) is 3.57 Å². The number of fused-ring (bicyclic) bond motifs is 1. The van der Waals surface area contributed by atoms with Crippen molar-refractivity contribution in [3.8, 4) is 16.9 Å². The van der Waals surface area contributed by atoms with Crippen LogP contribution in [0.2, 0.25) is 5.02 Å². The number of nitrogens with one attached hydrogen (secondary N) is 2. The highest BCUT2D eigenvalue weighted by atomic mass is 127. The second-order valence-corrected chi connectivity index (χ2v) is 11.7. The lowest BCUT2D eigenvalue weighted by atomic mass is 10.0. The van der Waals surface area contributed by atoms with Crippen LogP contribution in [0.4, 0.5) is 0 Å². The van der Waals surface area contributed by atoms with Crippen LogP contribution in [0.3, 0.4) is 0 Å². The van der Waals surface area contributed by atoms with E-state index in [2.05, 4.69) is 70.0 Å². The van der Waals surface area contributed by atoms with Crippen molar-refractivity contribution in [3.05, 3.63) is 119 Å². The number of hydrogen-bond donors (Lipinski definition) is 2. The molecule has 4 aromatic carbocycles. The molecule has 0 aliphatic carbocycles. The number of carbonyl (C=O) groups is 2. The molecule has 1 amide bonds. The Morgan fingerprint density at radius 2 is 1.72 bits per heavy atom. The molecule has 5 rings (SSSR count). The van der Waals surface area contributed by atoms with Crippen LogP contribution in [0.15, 0.2) is 99.0 Å². The van der Waals surface area contributed by atoms with Gasteiger partial charge in [-0.05, 0) is 87.1 Å². The van der Waals surface area contributed by atoms with Gasteiger partial charge in [-0.3, -0.25) is 4.79 Å². The summed E-state index contributed by atoms with van der Waals surface area (Å²) < 4.78 is 7.96. The van der Waals surface area contributed by atoms with Crippen molar-refractivity contribution in [2.45, 2.75) is 0 Å². The number of benzene rings is 4. The zero-order chi connectivity index (χ0) is 27.5. The van der Waals surface area contributed by atoms with Crippen LogP contribution in [0.5, 0.6) is 5.75 Å². The predicted octanol–water partition coefficient (Wildman–Crippen LogP) is 8.60. The fourth-order valence-electron chi connectivity index (χ4n) is 4.00. The zero-order valence-corrected chi connectivity index (χ0v) is 25.9. The number of nitrogens with zero attached hydrogens (tertiary/aromatic N) is 1. The van der Waals surface area contributed by atoms with E-state index in [0.29, 0.717) is 31.9 Å². The zero-order valence-electron chi connectivity index (χ0n) is 19.8. The van der Waals surface area contributed by atoms with Crippen molar-refractivity contribution < 1.29 is 14.3 Å². The maximum Gasteiger partial charge on any atom is 0.343 e. The normalized spacial score (nSPS) is 11.2. The quantitative estimate of drug-likeness (QED) is 0.0596. The number of esters is 1. The minimum Gasteiger partial charge on any atom is -0.421 e. The van der Waals surface area contributed by atoms with E-state index < -0.39 is 11.9 Å². The van der Waals surface area contributed by atoms with Gasteiger partial charge in [-0.1, -0.05) is 63.9 Å². The molecule has 0 aliphatic heterocycles. The van der Waals surface area contributed by atoms with Gasteiger partial charge in [0.05, 0.1) is 16.3 Å². The Morgan fingerprint density at radius 3 is 2.49 bits per heavy atom. The van der Waals surface area contributed by atoms with Gasteiger partial charge in [0, 0.05) is 40.7 Å². The van der Waals surface area contributed by atoms with E-state index in [4.69, 9.17) is 16.3 Å². The van der Waals surface area contributed by atoms with E-state index in [1.54, 1.807) is 42.5 Å². The number of halogens is 4. The summed E-state index contributed by atoms with van der Waals surface area (Å²) >= 11 is 15.7. The SMILES string of the molecule is O=C(Oc1c(Br)cc(Br)cc1C=NNC(=O)c1[nH]c2ccc(I)cc2c1-c1ccccc1Cl)c1ccccc1. The first-order chi connectivity index (χ1) is 18.8. The Hall–Kier alpha value is -2.99. The Labute approximate surface area is 259 Å². The van der Waals surface area contributed by atoms with Crippen LogP contribution in [-0.4, -0.2) is 23.1 Å². The summed E-state index contributed by atoms with van der Waals surface area (Å²) in [6.07, 6.45) is 1.42. The Morgan fingerprint density at radius 1 is 0.974 bits per heavy atom. The monoisotopic (exact) mass is 775 g/mol. The molecular weight excluding hydrogens is 761 g/mol. The number of amides is 1. The Kier molecular flexibility index (Phi) is 8.51. The van der Waals surface area contributed by atoms with Crippen LogP contribution in [-0.2, 0) is 0 Å². The Balaban J connectivity index is 1.46. The molecule has 1 heterocycles. The van der Waals surface area contributed by atoms with E-state index in [1.165, 1.54) is 6.21 Å². The number of hydrazone groups is 1. The van der Waals surface area contributed by atoms with E-state index in [-0.39, 0.29) is 5.75 Å². The van der Waals surface area contributed by atoms with Crippen molar-refractivity contribution in [3.63, 3.8) is 0 Å². The number of H-pyrrole nitrogens is 1. The number of rotatable bonds is 6. The second-order valence-electron chi connectivity index (χ2n) is 8.31. The number of carbonyl (C=O) groups excluding carboxylic acids is 2. The number of aromatic amines is 1. The van der Waals surface area contributed by atoms with E-state index in [0.717, 1.165) is 24.5 Å². The first-order valence-corrected chi connectivity index (χ1v) is 14.5. The summed E-state index contributed by atoms with van der Waals surface area (Å²) in [6, 6.07) is 25.4. The highest BCUT2D eigenvalue weighted by Crippen LogP contribution is 2.37. The lowest BCUT2D eigenvalue weighted by Crippen LogP contribution is -2.19. The fraction of sp³-hybridized carbons (Fsp3) is 0. The summed E-state index contributed by atoms with van der Waals surface area (Å²) in [6.45, 7) is 0. The van der Waals surface area contributed by atoms with Gasteiger partial charge in [0.25, 0.3) is 5.91 Å². The molecule has 1 aromatic heterocycles. The fourth-order valence-corrected chi connectivity index (χ4v) is 6.06. The van der Waals surface area contributed by atoms with Gasteiger partial charge in [-0.15, -0.1) is 0 Å². The molecule has 0 aliphatic rings. The molecule has 6 nitrogen and oxygen atoms in total. The summed E-state index contributed by atoms with van der Waals surface area (Å²) in [5.74, 6) is -0.708. The average molecular weight is 778 g/mol. The third kappa shape index (κ3) is 6.11. The van der Waals surface area contributed by atoms with E-state index in [1.807, 2.05) is 42.5 Å². The highest BCUT2D eigenvalue weighted by Gasteiger charge is 2.21. The average Bonchev–Trinajstić information content (AvgIpc) is 3.29. The van der Waals surface area contributed by atoms with Gasteiger partial charge < -0.3 is 9.72 Å². The molecule has 0 bridgehead atoms. The molecule has 5 aromatic rings.